The van der Waals surface area contributed by atoms with Gasteiger partial charge < -0.3 is 4.98 Å². The number of H-pyrrole nitrogens is 1. The highest BCUT2D eigenvalue weighted by Gasteiger charge is 2.26. The van der Waals surface area contributed by atoms with Crippen LogP contribution in [0.2, 0.25) is 0 Å². The van der Waals surface area contributed by atoms with Crippen molar-refractivity contribution in [2.75, 3.05) is 0 Å². The fourth-order valence-electron chi connectivity index (χ4n) is 3.56. The molecule has 0 aromatic carbocycles. The third-order valence-corrected chi connectivity index (χ3v) is 4.75. The highest BCUT2D eigenvalue weighted by molar-refractivity contribution is 5.70. The predicted molar refractivity (Wildman–Crippen MR) is 95.5 cm³/mol. The first kappa shape index (κ1) is 17.2. The molecule has 3 rings (SSSR count). The maximum atomic E-state index is 12.7. The fraction of sp³-hybridized carbons (Fsp3) is 0.556. The zero-order valence-corrected chi connectivity index (χ0v) is 14.7. The van der Waals surface area contributed by atoms with Crippen LogP contribution in [0.1, 0.15) is 57.7 Å². The van der Waals surface area contributed by atoms with Gasteiger partial charge in [-0.15, -0.1) is 0 Å². The first-order valence-corrected chi connectivity index (χ1v) is 8.91. The summed E-state index contributed by atoms with van der Waals surface area (Å²) in [6.45, 7) is 4.88. The van der Waals surface area contributed by atoms with Gasteiger partial charge in [-0.05, 0) is 32.1 Å². The minimum absolute atomic E-state index is 0.163. The molecule has 1 fully saturated rings. The Balaban J connectivity index is 2.13. The van der Waals surface area contributed by atoms with E-state index in [4.69, 9.17) is 5.26 Å². The Morgan fingerprint density at radius 2 is 2.00 bits per heavy atom. The van der Waals surface area contributed by atoms with Gasteiger partial charge in [0.05, 0.1) is 6.07 Å². The van der Waals surface area contributed by atoms with Crippen LogP contribution in [0.5, 0.6) is 0 Å². The molecule has 1 N–H and O–H groups in total. The van der Waals surface area contributed by atoms with Gasteiger partial charge in [-0.3, -0.25) is 13.9 Å². The average molecular weight is 341 g/mol. The second kappa shape index (κ2) is 7.09. The van der Waals surface area contributed by atoms with E-state index < -0.39 is 0 Å². The van der Waals surface area contributed by atoms with Crippen LogP contribution in [-0.2, 0) is 13.1 Å². The van der Waals surface area contributed by atoms with E-state index in [2.05, 4.69) is 16.0 Å². The van der Waals surface area contributed by atoms with Crippen molar-refractivity contribution in [3.63, 3.8) is 0 Å². The number of aromatic amines is 1. The minimum atomic E-state index is -0.293. The lowest BCUT2D eigenvalue weighted by atomic mass is 10.1. The van der Waals surface area contributed by atoms with Crippen LogP contribution in [0.4, 0.5) is 0 Å². The Hall–Kier alpha value is -2.62. The van der Waals surface area contributed by atoms with E-state index in [0.29, 0.717) is 24.3 Å². The molecule has 132 valence electrons. The third kappa shape index (κ3) is 3.04. The number of fused-ring (bicyclic) bond motifs is 1. The zero-order chi connectivity index (χ0) is 18.0. The van der Waals surface area contributed by atoms with Crippen molar-refractivity contribution in [3.05, 3.63) is 38.3 Å². The minimum Gasteiger partial charge on any atom is -0.336 e. The van der Waals surface area contributed by atoms with Gasteiger partial charge in [0.1, 0.15) is 11.3 Å². The van der Waals surface area contributed by atoms with Crippen molar-refractivity contribution in [1.29, 1.82) is 5.26 Å². The molecule has 0 saturated heterocycles. The smallest absolute Gasteiger partial charge is 0.332 e. The highest BCUT2D eigenvalue weighted by atomic mass is 16.2. The molecule has 2 aromatic rings. The number of nitriles is 1. The van der Waals surface area contributed by atoms with Gasteiger partial charge in [0, 0.05) is 25.1 Å². The third-order valence-electron chi connectivity index (χ3n) is 4.75. The average Bonchev–Trinajstić information content (AvgIpc) is 3.23. The van der Waals surface area contributed by atoms with Gasteiger partial charge in [0.25, 0.3) is 5.56 Å². The number of allylic oxidation sites excluding steroid dienone is 2. The Labute approximate surface area is 145 Å². The Kier molecular flexibility index (Phi) is 4.88. The molecule has 0 spiro atoms. The van der Waals surface area contributed by atoms with E-state index in [1.165, 1.54) is 4.57 Å². The molecule has 1 saturated carbocycles. The number of hydrogen-bond donors (Lipinski definition) is 1. The van der Waals surface area contributed by atoms with E-state index in [1.54, 1.807) is 10.6 Å². The van der Waals surface area contributed by atoms with Crippen molar-refractivity contribution < 1.29 is 0 Å². The van der Waals surface area contributed by atoms with Gasteiger partial charge in [-0.1, -0.05) is 19.4 Å². The molecule has 7 nitrogen and oxygen atoms in total. The number of aromatic nitrogens is 4. The lowest BCUT2D eigenvalue weighted by Crippen LogP contribution is -2.40. The number of nitrogens with one attached hydrogen (secondary N) is 1. The summed E-state index contributed by atoms with van der Waals surface area (Å²) in [5, 5.41) is 8.81. The number of hydrogen-bond acceptors (Lipinski definition) is 4. The molecular weight excluding hydrogens is 318 g/mol. The highest BCUT2D eigenvalue weighted by Crippen LogP contribution is 2.36. The van der Waals surface area contributed by atoms with E-state index in [9.17, 15) is 9.59 Å². The van der Waals surface area contributed by atoms with Crippen LogP contribution >= 0.6 is 0 Å². The number of rotatable bonds is 5. The summed E-state index contributed by atoms with van der Waals surface area (Å²) in [5.74, 6) is 0.906. The number of nitrogens with zero attached hydrogens (tertiary/aromatic N) is 4. The quantitative estimate of drug-likeness (QED) is 0.845. The molecule has 7 heteroatoms. The van der Waals surface area contributed by atoms with Gasteiger partial charge in [-0.2, -0.15) is 5.26 Å². The molecule has 0 radical (unpaired) electrons. The van der Waals surface area contributed by atoms with Crippen LogP contribution < -0.4 is 11.2 Å². The van der Waals surface area contributed by atoms with Gasteiger partial charge in [0.15, 0.2) is 5.65 Å². The Morgan fingerprint density at radius 3 is 2.68 bits per heavy atom. The van der Waals surface area contributed by atoms with Crippen LogP contribution in [0.3, 0.4) is 0 Å². The first-order chi connectivity index (χ1) is 12.1. The van der Waals surface area contributed by atoms with E-state index >= 15 is 0 Å². The van der Waals surface area contributed by atoms with Crippen molar-refractivity contribution in [3.8, 4) is 6.07 Å². The lowest BCUT2D eigenvalue weighted by molar-refractivity contribution is 0.555. The number of imidazole rings is 1. The van der Waals surface area contributed by atoms with Crippen LogP contribution in [0, 0.1) is 11.3 Å². The predicted octanol–water partition coefficient (Wildman–Crippen LogP) is 2.42. The maximum absolute atomic E-state index is 12.7. The molecule has 2 heterocycles. The van der Waals surface area contributed by atoms with E-state index in [0.717, 1.165) is 43.5 Å². The summed E-state index contributed by atoms with van der Waals surface area (Å²) in [6.07, 6.45) is 5.66. The second-order valence-corrected chi connectivity index (χ2v) is 6.58. The zero-order valence-electron chi connectivity index (χ0n) is 14.7. The van der Waals surface area contributed by atoms with Crippen molar-refractivity contribution in [2.45, 2.75) is 65.0 Å². The van der Waals surface area contributed by atoms with Gasteiger partial charge >= 0.3 is 5.69 Å². The second-order valence-electron chi connectivity index (χ2n) is 6.58. The molecule has 0 amide bonds. The fourth-order valence-corrected chi connectivity index (χ4v) is 3.56. The Morgan fingerprint density at radius 1 is 1.28 bits per heavy atom. The van der Waals surface area contributed by atoms with Crippen molar-refractivity contribution >= 4 is 11.2 Å². The molecule has 1 unspecified atom stereocenters. The maximum Gasteiger partial charge on any atom is 0.332 e. The summed E-state index contributed by atoms with van der Waals surface area (Å²) in [4.78, 5) is 33.2. The van der Waals surface area contributed by atoms with E-state index in [1.807, 2.05) is 13.8 Å². The lowest BCUT2D eigenvalue weighted by Gasteiger charge is -2.09. The SMILES string of the molecule is CCCn1c(=O)c2[nH]c(C3CC/C(=C\C#N)C3)nc2n(CCC)c1=O. The van der Waals surface area contributed by atoms with Gasteiger partial charge in [-0.25, -0.2) is 9.78 Å². The molecule has 2 aromatic heterocycles. The standard InChI is InChI=1S/C18H23N5O2/c1-3-9-22-16-14(17(24)23(10-4-2)18(22)25)20-15(21-16)13-6-5-12(11-13)7-8-19/h7,13H,3-6,9-11H2,1-2H3,(H,20,21)/b12-7+. The van der Waals surface area contributed by atoms with Crippen LogP contribution in [0.15, 0.2) is 21.2 Å². The van der Waals surface area contributed by atoms with Crippen LogP contribution in [-0.4, -0.2) is 19.1 Å². The number of aryl methyl sites for hydroxylation is 1. The molecule has 1 aliphatic carbocycles. The monoisotopic (exact) mass is 341 g/mol. The molecule has 1 aliphatic rings. The van der Waals surface area contributed by atoms with Crippen LogP contribution in [0.25, 0.3) is 11.2 Å². The molecule has 1 atom stereocenters. The molecular formula is C18H23N5O2. The normalized spacial score (nSPS) is 18.9. The molecule has 0 aliphatic heterocycles. The first-order valence-electron chi connectivity index (χ1n) is 8.91. The Bertz CT molecular complexity index is 970. The summed E-state index contributed by atoms with van der Waals surface area (Å²) < 4.78 is 2.91. The summed E-state index contributed by atoms with van der Waals surface area (Å²) in [5.41, 5.74) is 1.41. The van der Waals surface area contributed by atoms with Crippen molar-refractivity contribution in [1.82, 2.24) is 19.1 Å². The topological polar surface area (TPSA) is 96.5 Å². The van der Waals surface area contributed by atoms with Gasteiger partial charge in [0.2, 0.25) is 0 Å². The molecule has 0 bridgehead atoms. The summed E-state index contributed by atoms with van der Waals surface area (Å²) in [7, 11) is 0. The summed E-state index contributed by atoms with van der Waals surface area (Å²) in [6, 6.07) is 2.08. The van der Waals surface area contributed by atoms with E-state index in [-0.39, 0.29) is 17.2 Å². The van der Waals surface area contributed by atoms with Crippen molar-refractivity contribution in [2.24, 2.45) is 0 Å². The largest absolute Gasteiger partial charge is 0.336 e. The summed E-state index contributed by atoms with van der Waals surface area (Å²) >= 11 is 0. The molecule has 25 heavy (non-hydrogen) atoms.